The number of ether oxygens (including phenoxy) is 3. The molecule has 0 unspecified atom stereocenters. The largest absolute Gasteiger partial charge is 0.507 e. The predicted octanol–water partition coefficient (Wildman–Crippen LogP) is 3.94. The first-order valence-corrected chi connectivity index (χ1v) is 12.9. The number of benzene rings is 2. The van der Waals surface area contributed by atoms with Crippen LogP contribution in [0.2, 0.25) is 0 Å². The summed E-state index contributed by atoms with van der Waals surface area (Å²) in [5.41, 5.74) is 2.17. The highest BCUT2D eigenvalue weighted by atomic mass is 16.5. The molecule has 8 nitrogen and oxygen atoms in total. The van der Waals surface area contributed by atoms with Crippen molar-refractivity contribution in [3.8, 4) is 11.5 Å². The van der Waals surface area contributed by atoms with Crippen LogP contribution in [0, 0.1) is 6.92 Å². The summed E-state index contributed by atoms with van der Waals surface area (Å²) in [7, 11) is 1.59. The average molecular weight is 509 g/mol. The summed E-state index contributed by atoms with van der Waals surface area (Å²) in [4.78, 5) is 30.4. The lowest BCUT2D eigenvalue weighted by atomic mass is 9.94. The molecular formula is C29H36N2O6. The van der Waals surface area contributed by atoms with Gasteiger partial charge in [0, 0.05) is 31.7 Å². The van der Waals surface area contributed by atoms with Gasteiger partial charge in [-0.2, -0.15) is 0 Å². The van der Waals surface area contributed by atoms with Gasteiger partial charge in [-0.05, 0) is 61.2 Å². The molecular weight excluding hydrogens is 472 g/mol. The van der Waals surface area contributed by atoms with Crippen LogP contribution in [0.1, 0.15) is 42.5 Å². The summed E-state index contributed by atoms with van der Waals surface area (Å²) < 4.78 is 16.5. The van der Waals surface area contributed by atoms with Crippen molar-refractivity contribution in [2.45, 2.75) is 32.7 Å². The van der Waals surface area contributed by atoms with E-state index >= 15 is 0 Å². The van der Waals surface area contributed by atoms with E-state index in [0.29, 0.717) is 44.1 Å². The molecule has 2 fully saturated rings. The summed E-state index contributed by atoms with van der Waals surface area (Å²) in [5, 5.41) is 11.4. The van der Waals surface area contributed by atoms with Gasteiger partial charge in [-0.25, -0.2) is 0 Å². The number of nitrogens with zero attached hydrogens (tertiary/aromatic N) is 2. The lowest BCUT2D eigenvalue weighted by molar-refractivity contribution is -0.140. The molecule has 37 heavy (non-hydrogen) atoms. The predicted molar refractivity (Wildman–Crippen MR) is 141 cm³/mol. The number of amides is 1. The van der Waals surface area contributed by atoms with E-state index in [2.05, 4.69) is 4.90 Å². The highest BCUT2D eigenvalue weighted by Gasteiger charge is 2.45. The number of carbonyl (C=O) groups is 2. The molecule has 2 saturated heterocycles. The maximum absolute atomic E-state index is 13.3. The molecule has 8 heteroatoms. The number of morpholine rings is 1. The Labute approximate surface area is 218 Å². The normalized spacial score (nSPS) is 19.9. The van der Waals surface area contributed by atoms with Crippen LogP contribution in [0.25, 0.3) is 5.76 Å². The van der Waals surface area contributed by atoms with E-state index in [1.807, 2.05) is 26.0 Å². The number of aryl methyl sites for hydroxylation is 1. The van der Waals surface area contributed by atoms with Crippen LogP contribution in [-0.4, -0.2) is 79.7 Å². The summed E-state index contributed by atoms with van der Waals surface area (Å²) in [6.07, 6.45) is 1.60. The second-order valence-electron chi connectivity index (χ2n) is 9.40. The van der Waals surface area contributed by atoms with Gasteiger partial charge in [-0.3, -0.25) is 14.5 Å². The fraction of sp³-hybridized carbons (Fsp3) is 0.448. The summed E-state index contributed by atoms with van der Waals surface area (Å²) >= 11 is 0. The molecule has 2 heterocycles. The molecule has 0 aromatic heterocycles. The number of hydrogen-bond acceptors (Lipinski definition) is 7. The fourth-order valence-corrected chi connectivity index (χ4v) is 4.86. The van der Waals surface area contributed by atoms with Gasteiger partial charge >= 0.3 is 0 Å². The van der Waals surface area contributed by atoms with Crippen LogP contribution in [0.3, 0.4) is 0 Å². The number of hydrogen-bond donors (Lipinski definition) is 1. The molecule has 1 atom stereocenters. The molecule has 2 aliphatic heterocycles. The minimum atomic E-state index is -0.688. The molecule has 0 spiro atoms. The van der Waals surface area contributed by atoms with E-state index in [-0.39, 0.29) is 11.3 Å². The Hall–Kier alpha value is -3.36. The van der Waals surface area contributed by atoms with Crippen molar-refractivity contribution in [1.82, 2.24) is 9.80 Å². The third-order valence-corrected chi connectivity index (χ3v) is 6.86. The Balaban J connectivity index is 1.67. The second-order valence-corrected chi connectivity index (χ2v) is 9.40. The van der Waals surface area contributed by atoms with Crippen molar-refractivity contribution in [2.75, 3.05) is 53.1 Å². The van der Waals surface area contributed by atoms with Crippen molar-refractivity contribution in [3.63, 3.8) is 0 Å². The number of Topliss-reactive ketones (excluding diaryl/α,β-unsaturated/α-hetero) is 1. The number of aliphatic hydroxyl groups excluding tert-OH is 1. The van der Waals surface area contributed by atoms with Crippen LogP contribution < -0.4 is 9.47 Å². The van der Waals surface area contributed by atoms with Crippen LogP contribution in [0.5, 0.6) is 11.5 Å². The van der Waals surface area contributed by atoms with Gasteiger partial charge < -0.3 is 24.2 Å². The standard InChI is InChI=1S/C29H36N2O6/c1-4-16-37-24-11-8-22(19-20(24)2)27(32)25-26(21-6-9-23(35-3)10-7-21)31(29(34)28(25)33)13-5-12-30-14-17-36-18-15-30/h6-11,19,26,32H,4-5,12-18H2,1-3H3/t26-/m1/s1. The van der Waals surface area contributed by atoms with Crippen molar-refractivity contribution in [3.05, 3.63) is 64.7 Å². The number of aliphatic hydroxyl groups is 1. The molecule has 0 aliphatic carbocycles. The first kappa shape index (κ1) is 26.7. The van der Waals surface area contributed by atoms with E-state index in [4.69, 9.17) is 14.2 Å². The highest BCUT2D eigenvalue weighted by Crippen LogP contribution is 2.40. The topological polar surface area (TPSA) is 88.5 Å². The zero-order chi connectivity index (χ0) is 26.4. The summed E-state index contributed by atoms with van der Waals surface area (Å²) in [5.74, 6) is -0.0439. The van der Waals surface area contributed by atoms with Crippen molar-refractivity contribution in [1.29, 1.82) is 0 Å². The average Bonchev–Trinajstić information content (AvgIpc) is 3.17. The van der Waals surface area contributed by atoms with Gasteiger partial charge in [-0.1, -0.05) is 19.1 Å². The zero-order valence-corrected chi connectivity index (χ0v) is 21.9. The number of methoxy groups -OCH3 is 1. The van der Waals surface area contributed by atoms with Gasteiger partial charge in [0.15, 0.2) is 0 Å². The van der Waals surface area contributed by atoms with Crippen LogP contribution >= 0.6 is 0 Å². The van der Waals surface area contributed by atoms with Crippen molar-refractivity contribution >= 4 is 17.4 Å². The van der Waals surface area contributed by atoms with Crippen LogP contribution in [0.15, 0.2) is 48.0 Å². The fourth-order valence-electron chi connectivity index (χ4n) is 4.86. The maximum atomic E-state index is 13.3. The molecule has 0 radical (unpaired) electrons. The van der Waals surface area contributed by atoms with Crippen LogP contribution in [-0.2, 0) is 14.3 Å². The summed E-state index contributed by atoms with van der Waals surface area (Å²) in [6, 6.07) is 11.9. The maximum Gasteiger partial charge on any atom is 0.295 e. The molecule has 2 aromatic carbocycles. The molecule has 4 rings (SSSR count). The van der Waals surface area contributed by atoms with E-state index in [1.54, 1.807) is 42.3 Å². The SMILES string of the molecule is CCCOc1ccc(C(O)=C2C(=O)C(=O)N(CCCN3CCOCC3)[C@@H]2c2ccc(OC)cc2)cc1C. The van der Waals surface area contributed by atoms with E-state index in [1.165, 1.54) is 0 Å². The van der Waals surface area contributed by atoms with Gasteiger partial charge in [0.05, 0.1) is 38.5 Å². The van der Waals surface area contributed by atoms with Crippen molar-refractivity contribution < 1.29 is 28.9 Å². The Morgan fingerprint density at radius 2 is 1.81 bits per heavy atom. The third kappa shape index (κ3) is 5.97. The molecule has 1 amide bonds. The molecule has 198 valence electrons. The van der Waals surface area contributed by atoms with E-state index < -0.39 is 17.7 Å². The Bertz CT molecular complexity index is 1140. The van der Waals surface area contributed by atoms with Crippen LogP contribution in [0.4, 0.5) is 0 Å². The van der Waals surface area contributed by atoms with Crippen molar-refractivity contribution in [2.24, 2.45) is 0 Å². The molecule has 2 aromatic rings. The first-order chi connectivity index (χ1) is 17.9. The second kappa shape index (κ2) is 12.3. The smallest absolute Gasteiger partial charge is 0.295 e. The number of likely N-dealkylation sites (tertiary alicyclic amines) is 1. The summed E-state index contributed by atoms with van der Waals surface area (Å²) in [6.45, 7) is 8.87. The quantitative estimate of drug-likeness (QED) is 0.295. The van der Waals surface area contributed by atoms with Gasteiger partial charge in [0.1, 0.15) is 17.3 Å². The van der Waals surface area contributed by atoms with E-state index in [0.717, 1.165) is 42.9 Å². The minimum Gasteiger partial charge on any atom is -0.507 e. The number of carbonyl (C=O) groups excluding carboxylic acids is 2. The Kier molecular flexibility index (Phi) is 8.84. The zero-order valence-electron chi connectivity index (χ0n) is 21.9. The third-order valence-electron chi connectivity index (χ3n) is 6.86. The highest BCUT2D eigenvalue weighted by molar-refractivity contribution is 6.46. The lowest BCUT2D eigenvalue weighted by Gasteiger charge is -2.29. The monoisotopic (exact) mass is 508 g/mol. The Morgan fingerprint density at radius 3 is 2.46 bits per heavy atom. The Morgan fingerprint density at radius 1 is 1.08 bits per heavy atom. The lowest BCUT2D eigenvalue weighted by Crippen LogP contribution is -2.38. The molecule has 0 bridgehead atoms. The van der Waals surface area contributed by atoms with E-state index in [9.17, 15) is 14.7 Å². The number of ketones is 1. The first-order valence-electron chi connectivity index (χ1n) is 12.9. The van der Waals surface area contributed by atoms with Gasteiger partial charge in [0.25, 0.3) is 11.7 Å². The minimum absolute atomic E-state index is 0.100. The molecule has 2 aliphatic rings. The van der Waals surface area contributed by atoms with Gasteiger partial charge in [0.2, 0.25) is 0 Å². The van der Waals surface area contributed by atoms with Gasteiger partial charge in [-0.15, -0.1) is 0 Å². The molecule has 0 saturated carbocycles. The number of rotatable bonds is 10. The molecule has 1 N–H and O–H groups in total.